The Hall–Kier alpha value is -2.67. The third-order valence-corrected chi connectivity index (χ3v) is 3.57. The number of nitrogen functional groups attached to an aromatic ring is 1. The normalized spacial score (nSPS) is 10.3. The number of ether oxygens (including phenoxy) is 1. The number of nitrogens with zero attached hydrogens (tertiary/aromatic N) is 3. The van der Waals surface area contributed by atoms with E-state index in [4.69, 9.17) is 10.5 Å². The smallest absolute Gasteiger partial charge is 0.248 e. The molecule has 116 valence electrons. The molecular formula is C16H14BrN5O. The summed E-state index contributed by atoms with van der Waals surface area (Å²) in [7, 11) is 0. The number of nitrogens with one attached hydrogen (secondary N) is 1. The first-order chi connectivity index (χ1) is 11.1. The van der Waals surface area contributed by atoms with Gasteiger partial charge < -0.3 is 15.8 Å². The second-order valence-electron chi connectivity index (χ2n) is 4.84. The van der Waals surface area contributed by atoms with Crippen LogP contribution in [0.25, 0.3) is 0 Å². The molecule has 0 amide bonds. The lowest BCUT2D eigenvalue weighted by Crippen LogP contribution is -2.04. The van der Waals surface area contributed by atoms with Gasteiger partial charge in [-0.1, -0.05) is 15.9 Å². The number of anilines is 3. The minimum Gasteiger partial charge on any atom is -0.437 e. The maximum atomic E-state index is 6.10. The third kappa shape index (κ3) is 3.75. The van der Waals surface area contributed by atoms with Gasteiger partial charge in [0, 0.05) is 10.7 Å². The Bertz CT molecular complexity index is 823. The molecule has 0 bridgehead atoms. The standard InChI is InChI=1S/C16H14BrN5O/c1-10-6-7-19-13(8-10)22-15-14(18)16(21-9-20-15)23-12-4-2-11(17)3-5-12/h2-9H,18H2,1H3,(H,19,20,21,22). The van der Waals surface area contributed by atoms with Gasteiger partial charge in [-0.25, -0.2) is 9.97 Å². The Morgan fingerprint density at radius 2 is 1.87 bits per heavy atom. The highest BCUT2D eigenvalue weighted by Gasteiger charge is 2.11. The molecule has 3 aromatic rings. The molecule has 6 nitrogen and oxygen atoms in total. The number of benzene rings is 1. The van der Waals surface area contributed by atoms with E-state index in [1.165, 1.54) is 6.33 Å². The fraction of sp³-hybridized carbons (Fsp3) is 0.0625. The van der Waals surface area contributed by atoms with E-state index in [1.807, 2.05) is 43.3 Å². The molecule has 0 saturated carbocycles. The van der Waals surface area contributed by atoms with Crippen molar-refractivity contribution in [1.29, 1.82) is 0 Å². The van der Waals surface area contributed by atoms with Crippen molar-refractivity contribution in [1.82, 2.24) is 15.0 Å². The predicted molar refractivity (Wildman–Crippen MR) is 92.9 cm³/mol. The van der Waals surface area contributed by atoms with E-state index in [0.717, 1.165) is 10.0 Å². The fourth-order valence-electron chi connectivity index (χ4n) is 1.90. The van der Waals surface area contributed by atoms with Crippen LogP contribution in [0.4, 0.5) is 17.3 Å². The van der Waals surface area contributed by atoms with Crippen LogP contribution in [0.3, 0.4) is 0 Å². The monoisotopic (exact) mass is 371 g/mol. The van der Waals surface area contributed by atoms with Crippen LogP contribution in [0, 0.1) is 6.92 Å². The number of rotatable bonds is 4. The van der Waals surface area contributed by atoms with Gasteiger partial charge >= 0.3 is 0 Å². The summed E-state index contributed by atoms with van der Waals surface area (Å²) < 4.78 is 6.67. The van der Waals surface area contributed by atoms with Gasteiger partial charge in [0.2, 0.25) is 5.88 Å². The van der Waals surface area contributed by atoms with Crippen molar-refractivity contribution in [2.24, 2.45) is 0 Å². The first-order valence-corrected chi connectivity index (χ1v) is 7.65. The van der Waals surface area contributed by atoms with Gasteiger partial charge in [0.05, 0.1) is 0 Å². The first-order valence-electron chi connectivity index (χ1n) is 6.85. The molecule has 0 aliphatic heterocycles. The minimum absolute atomic E-state index is 0.289. The van der Waals surface area contributed by atoms with E-state index in [0.29, 0.717) is 23.1 Å². The number of aromatic nitrogens is 3. The number of hydrogen-bond donors (Lipinski definition) is 2. The summed E-state index contributed by atoms with van der Waals surface area (Å²) in [5.41, 5.74) is 7.50. The van der Waals surface area contributed by atoms with E-state index in [2.05, 4.69) is 36.2 Å². The molecule has 2 aromatic heterocycles. The topological polar surface area (TPSA) is 86.0 Å². The van der Waals surface area contributed by atoms with Crippen molar-refractivity contribution in [3.8, 4) is 11.6 Å². The second kappa shape index (κ2) is 6.62. The fourth-order valence-corrected chi connectivity index (χ4v) is 2.16. The largest absolute Gasteiger partial charge is 0.437 e. The van der Waals surface area contributed by atoms with Crippen molar-refractivity contribution in [3.63, 3.8) is 0 Å². The van der Waals surface area contributed by atoms with Crippen molar-refractivity contribution < 1.29 is 4.74 Å². The van der Waals surface area contributed by atoms with E-state index >= 15 is 0 Å². The zero-order chi connectivity index (χ0) is 16.2. The Kier molecular flexibility index (Phi) is 4.38. The summed E-state index contributed by atoms with van der Waals surface area (Å²) >= 11 is 3.38. The highest BCUT2D eigenvalue weighted by molar-refractivity contribution is 9.10. The highest BCUT2D eigenvalue weighted by Crippen LogP contribution is 2.31. The zero-order valence-corrected chi connectivity index (χ0v) is 13.9. The molecular weight excluding hydrogens is 358 g/mol. The molecule has 0 unspecified atom stereocenters. The summed E-state index contributed by atoms with van der Waals surface area (Å²) in [4.78, 5) is 12.5. The van der Waals surface area contributed by atoms with Crippen molar-refractivity contribution >= 4 is 33.3 Å². The molecule has 0 aliphatic rings. The molecule has 0 fully saturated rings. The number of hydrogen-bond acceptors (Lipinski definition) is 6. The van der Waals surface area contributed by atoms with Crippen LogP contribution in [-0.4, -0.2) is 15.0 Å². The van der Waals surface area contributed by atoms with Crippen molar-refractivity contribution in [2.75, 3.05) is 11.1 Å². The summed E-state index contributed by atoms with van der Waals surface area (Å²) in [5, 5.41) is 3.07. The lowest BCUT2D eigenvalue weighted by atomic mass is 10.3. The van der Waals surface area contributed by atoms with Crippen LogP contribution in [0.1, 0.15) is 5.56 Å². The van der Waals surface area contributed by atoms with Crippen molar-refractivity contribution in [2.45, 2.75) is 6.92 Å². The number of halogens is 1. The predicted octanol–water partition coefficient (Wildman–Crippen LogP) is 4.06. The summed E-state index contributed by atoms with van der Waals surface area (Å²) in [5.74, 6) is 2.03. The molecule has 23 heavy (non-hydrogen) atoms. The molecule has 1 aromatic carbocycles. The van der Waals surface area contributed by atoms with Gasteiger partial charge in [-0.15, -0.1) is 0 Å². The van der Waals surface area contributed by atoms with Gasteiger partial charge in [-0.05, 0) is 48.9 Å². The van der Waals surface area contributed by atoms with Crippen LogP contribution >= 0.6 is 15.9 Å². The van der Waals surface area contributed by atoms with Crippen LogP contribution in [-0.2, 0) is 0 Å². The molecule has 0 aliphatic carbocycles. The first kappa shape index (κ1) is 15.2. The van der Waals surface area contributed by atoms with Gasteiger partial charge in [-0.2, -0.15) is 4.98 Å². The Labute approximate surface area is 141 Å². The van der Waals surface area contributed by atoms with E-state index in [1.54, 1.807) is 6.20 Å². The van der Waals surface area contributed by atoms with E-state index < -0.39 is 0 Å². The lowest BCUT2D eigenvalue weighted by molar-refractivity contribution is 0.464. The Balaban J connectivity index is 1.84. The quantitative estimate of drug-likeness (QED) is 0.718. The number of pyridine rings is 1. The van der Waals surface area contributed by atoms with Gasteiger partial charge in [-0.3, -0.25) is 0 Å². The van der Waals surface area contributed by atoms with Gasteiger partial charge in [0.1, 0.15) is 23.6 Å². The minimum atomic E-state index is 0.289. The molecule has 3 N–H and O–H groups in total. The Morgan fingerprint density at radius 1 is 1.09 bits per heavy atom. The van der Waals surface area contributed by atoms with Crippen molar-refractivity contribution in [3.05, 3.63) is 59.0 Å². The van der Waals surface area contributed by atoms with Gasteiger partial charge in [0.25, 0.3) is 0 Å². The summed E-state index contributed by atoms with van der Waals surface area (Å²) in [6.45, 7) is 1.98. The highest BCUT2D eigenvalue weighted by atomic mass is 79.9. The van der Waals surface area contributed by atoms with Crippen LogP contribution in [0.2, 0.25) is 0 Å². The van der Waals surface area contributed by atoms with Crippen LogP contribution in [0.5, 0.6) is 11.6 Å². The third-order valence-electron chi connectivity index (χ3n) is 3.04. The molecule has 3 rings (SSSR count). The molecule has 0 radical (unpaired) electrons. The summed E-state index contributed by atoms with van der Waals surface area (Å²) in [6.07, 6.45) is 3.11. The van der Waals surface area contributed by atoms with E-state index in [-0.39, 0.29) is 5.88 Å². The maximum Gasteiger partial charge on any atom is 0.248 e. The van der Waals surface area contributed by atoms with Gasteiger partial charge in [0.15, 0.2) is 5.82 Å². The van der Waals surface area contributed by atoms with E-state index in [9.17, 15) is 0 Å². The number of nitrogens with two attached hydrogens (primary N) is 1. The molecule has 0 saturated heterocycles. The summed E-state index contributed by atoms with van der Waals surface area (Å²) in [6, 6.07) is 11.2. The second-order valence-corrected chi connectivity index (χ2v) is 5.76. The average Bonchev–Trinajstić information content (AvgIpc) is 2.53. The molecule has 0 spiro atoms. The molecule has 2 heterocycles. The average molecular weight is 372 g/mol. The Morgan fingerprint density at radius 3 is 2.61 bits per heavy atom. The SMILES string of the molecule is Cc1ccnc(Nc2ncnc(Oc3ccc(Br)cc3)c2N)c1. The zero-order valence-electron chi connectivity index (χ0n) is 12.3. The van der Waals surface area contributed by atoms with Crippen LogP contribution < -0.4 is 15.8 Å². The maximum absolute atomic E-state index is 6.10. The van der Waals surface area contributed by atoms with Crippen LogP contribution in [0.15, 0.2) is 53.4 Å². The molecule has 0 atom stereocenters. The molecule has 7 heteroatoms. The lowest BCUT2D eigenvalue weighted by Gasteiger charge is -2.11. The number of aryl methyl sites for hydroxylation is 1.